The lowest BCUT2D eigenvalue weighted by molar-refractivity contribution is -0.120. The van der Waals surface area contributed by atoms with Gasteiger partial charge in [-0.1, -0.05) is 18.2 Å². The fourth-order valence-corrected chi connectivity index (χ4v) is 3.07. The fourth-order valence-electron chi connectivity index (χ4n) is 2.38. The number of hydrogen-bond acceptors (Lipinski definition) is 4. The quantitative estimate of drug-likeness (QED) is 0.719. The van der Waals surface area contributed by atoms with Gasteiger partial charge in [-0.05, 0) is 35.2 Å². The smallest absolute Gasteiger partial charge is 0.224 e. The van der Waals surface area contributed by atoms with Crippen molar-refractivity contribution in [3.05, 3.63) is 59.6 Å². The van der Waals surface area contributed by atoms with Gasteiger partial charge in [0, 0.05) is 12.7 Å². The Morgan fingerprint density at radius 3 is 3.00 bits per heavy atom. The van der Waals surface area contributed by atoms with Crippen LogP contribution in [-0.4, -0.2) is 29.3 Å². The Morgan fingerprint density at radius 2 is 2.21 bits per heavy atom. The van der Waals surface area contributed by atoms with E-state index in [-0.39, 0.29) is 5.91 Å². The number of benzene rings is 1. The second-order valence-corrected chi connectivity index (χ2v) is 6.27. The molecule has 0 atom stereocenters. The standard InChI is InChI=1S/C18H19N3O2S/c1-23-15-5-2-4-14(12-15)13-18(22)19-8-10-21-9-7-16(20-21)17-6-3-11-24-17/h2-7,9,11-12H,8,10,13H2,1H3,(H,19,22). The van der Waals surface area contributed by atoms with E-state index in [0.29, 0.717) is 19.5 Å². The van der Waals surface area contributed by atoms with Crippen LogP contribution in [0.3, 0.4) is 0 Å². The number of amides is 1. The van der Waals surface area contributed by atoms with Crippen molar-refractivity contribution in [1.29, 1.82) is 0 Å². The number of carbonyl (C=O) groups excluding carboxylic acids is 1. The van der Waals surface area contributed by atoms with E-state index in [4.69, 9.17) is 4.74 Å². The highest BCUT2D eigenvalue weighted by molar-refractivity contribution is 7.13. The van der Waals surface area contributed by atoms with Gasteiger partial charge in [-0.25, -0.2) is 0 Å². The first-order valence-corrected chi connectivity index (χ1v) is 8.59. The van der Waals surface area contributed by atoms with Gasteiger partial charge >= 0.3 is 0 Å². The van der Waals surface area contributed by atoms with E-state index in [1.54, 1.807) is 18.4 Å². The first-order valence-electron chi connectivity index (χ1n) is 7.71. The maximum atomic E-state index is 12.0. The van der Waals surface area contributed by atoms with Crippen LogP contribution in [0, 0.1) is 0 Å². The van der Waals surface area contributed by atoms with Crippen LogP contribution in [0.1, 0.15) is 5.56 Å². The van der Waals surface area contributed by atoms with E-state index < -0.39 is 0 Å². The summed E-state index contributed by atoms with van der Waals surface area (Å²) in [7, 11) is 1.62. The molecular formula is C18H19N3O2S. The predicted molar refractivity (Wildman–Crippen MR) is 95.2 cm³/mol. The van der Waals surface area contributed by atoms with Crippen LogP contribution in [0.25, 0.3) is 10.6 Å². The molecule has 2 heterocycles. The summed E-state index contributed by atoms with van der Waals surface area (Å²) in [5.41, 5.74) is 1.90. The lowest BCUT2D eigenvalue weighted by Gasteiger charge is -2.07. The number of thiophene rings is 1. The monoisotopic (exact) mass is 341 g/mol. The van der Waals surface area contributed by atoms with Crippen molar-refractivity contribution < 1.29 is 9.53 Å². The zero-order chi connectivity index (χ0) is 16.8. The highest BCUT2D eigenvalue weighted by atomic mass is 32.1. The third-order valence-corrected chi connectivity index (χ3v) is 4.47. The predicted octanol–water partition coefficient (Wildman–Crippen LogP) is 2.98. The molecule has 1 amide bonds. The first-order chi connectivity index (χ1) is 11.7. The zero-order valence-corrected chi connectivity index (χ0v) is 14.3. The summed E-state index contributed by atoms with van der Waals surface area (Å²) in [5, 5.41) is 9.47. The minimum absolute atomic E-state index is 0.00566. The van der Waals surface area contributed by atoms with Crippen molar-refractivity contribution in [3.63, 3.8) is 0 Å². The zero-order valence-electron chi connectivity index (χ0n) is 13.4. The summed E-state index contributed by atoms with van der Waals surface area (Å²) >= 11 is 1.67. The van der Waals surface area contributed by atoms with Crippen LogP contribution in [0.15, 0.2) is 54.0 Å². The highest BCUT2D eigenvalue weighted by Crippen LogP contribution is 2.22. The van der Waals surface area contributed by atoms with E-state index in [0.717, 1.165) is 21.9 Å². The molecular weight excluding hydrogens is 322 g/mol. The molecule has 124 valence electrons. The van der Waals surface area contributed by atoms with Gasteiger partial charge in [0.15, 0.2) is 0 Å². The molecule has 0 saturated carbocycles. The van der Waals surface area contributed by atoms with Crippen molar-refractivity contribution in [2.45, 2.75) is 13.0 Å². The Morgan fingerprint density at radius 1 is 1.29 bits per heavy atom. The maximum absolute atomic E-state index is 12.0. The molecule has 3 rings (SSSR count). The average Bonchev–Trinajstić information content (AvgIpc) is 3.26. The van der Waals surface area contributed by atoms with Crippen LogP contribution in [0.4, 0.5) is 0 Å². The van der Waals surface area contributed by atoms with E-state index in [9.17, 15) is 4.79 Å². The van der Waals surface area contributed by atoms with Gasteiger partial charge in [0.2, 0.25) is 5.91 Å². The van der Waals surface area contributed by atoms with Crippen molar-refractivity contribution in [3.8, 4) is 16.3 Å². The van der Waals surface area contributed by atoms with E-state index in [1.165, 1.54) is 0 Å². The molecule has 1 N–H and O–H groups in total. The summed E-state index contributed by atoms with van der Waals surface area (Å²) in [6, 6.07) is 13.6. The fraction of sp³-hybridized carbons (Fsp3) is 0.222. The van der Waals surface area contributed by atoms with E-state index in [1.807, 2.05) is 58.7 Å². The van der Waals surface area contributed by atoms with Crippen LogP contribution < -0.4 is 10.1 Å². The summed E-state index contributed by atoms with van der Waals surface area (Å²) < 4.78 is 7.01. The molecule has 2 aromatic heterocycles. The number of ether oxygens (including phenoxy) is 1. The van der Waals surface area contributed by atoms with Crippen LogP contribution in [-0.2, 0) is 17.8 Å². The van der Waals surface area contributed by atoms with Gasteiger partial charge in [0.05, 0.1) is 25.0 Å². The molecule has 24 heavy (non-hydrogen) atoms. The summed E-state index contributed by atoms with van der Waals surface area (Å²) in [6.07, 6.45) is 2.28. The number of nitrogens with one attached hydrogen (secondary N) is 1. The Hall–Kier alpha value is -2.60. The normalized spacial score (nSPS) is 10.5. The number of methoxy groups -OCH3 is 1. The molecule has 3 aromatic rings. The molecule has 0 bridgehead atoms. The SMILES string of the molecule is COc1cccc(CC(=O)NCCn2ccc(-c3cccs3)n2)c1. The largest absolute Gasteiger partial charge is 0.497 e. The molecule has 0 aliphatic rings. The van der Waals surface area contributed by atoms with Crippen molar-refractivity contribution in [1.82, 2.24) is 15.1 Å². The number of rotatable bonds is 7. The van der Waals surface area contributed by atoms with Gasteiger partial charge in [0.25, 0.3) is 0 Å². The lowest BCUT2D eigenvalue weighted by atomic mass is 10.1. The molecule has 0 spiro atoms. The first kappa shape index (κ1) is 16.3. The second-order valence-electron chi connectivity index (χ2n) is 5.32. The van der Waals surface area contributed by atoms with E-state index in [2.05, 4.69) is 10.4 Å². The van der Waals surface area contributed by atoms with Crippen LogP contribution in [0.2, 0.25) is 0 Å². The molecule has 0 fully saturated rings. The van der Waals surface area contributed by atoms with Gasteiger partial charge in [-0.15, -0.1) is 11.3 Å². The van der Waals surface area contributed by atoms with Crippen LogP contribution >= 0.6 is 11.3 Å². The second kappa shape index (κ2) is 7.79. The van der Waals surface area contributed by atoms with Crippen molar-refractivity contribution in [2.75, 3.05) is 13.7 Å². The molecule has 0 saturated heterocycles. The summed E-state index contributed by atoms with van der Waals surface area (Å²) in [5.74, 6) is 0.756. The molecule has 0 aliphatic heterocycles. The summed E-state index contributed by atoms with van der Waals surface area (Å²) in [6.45, 7) is 1.20. The Labute approximate surface area is 144 Å². The molecule has 0 aliphatic carbocycles. The summed E-state index contributed by atoms with van der Waals surface area (Å²) in [4.78, 5) is 13.2. The molecule has 6 heteroatoms. The molecule has 0 unspecified atom stereocenters. The topological polar surface area (TPSA) is 56.1 Å². The lowest BCUT2D eigenvalue weighted by Crippen LogP contribution is -2.28. The number of nitrogens with zero attached hydrogens (tertiary/aromatic N) is 2. The average molecular weight is 341 g/mol. The number of aromatic nitrogens is 2. The van der Waals surface area contributed by atoms with Crippen molar-refractivity contribution >= 4 is 17.2 Å². The Kier molecular flexibility index (Phi) is 5.28. The third kappa shape index (κ3) is 4.23. The minimum atomic E-state index is -0.00566. The van der Waals surface area contributed by atoms with Gasteiger partial charge < -0.3 is 10.1 Å². The Bertz CT molecular complexity index is 796. The third-order valence-electron chi connectivity index (χ3n) is 3.58. The van der Waals surface area contributed by atoms with Crippen molar-refractivity contribution in [2.24, 2.45) is 0 Å². The van der Waals surface area contributed by atoms with Crippen LogP contribution in [0.5, 0.6) is 5.75 Å². The van der Waals surface area contributed by atoms with Gasteiger partial charge in [0.1, 0.15) is 11.4 Å². The van der Waals surface area contributed by atoms with Gasteiger partial charge in [-0.2, -0.15) is 5.10 Å². The maximum Gasteiger partial charge on any atom is 0.224 e. The highest BCUT2D eigenvalue weighted by Gasteiger charge is 2.06. The minimum Gasteiger partial charge on any atom is -0.497 e. The van der Waals surface area contributed by atoms with E-state index >= 15 is 0 Å². The Balaban J connectivity index is 1.46. The molecule has 0 radical (unpaired) electrons. The van der Waals surface area contributed by atoms with Gasteiger partial charge in [-0.3, -0.25) is 9.48 Å². The molecule has 1 aromatic carbocycles. The number of hydrogen-bond donors (Lipinski definition) is 1. The molecule has 5 nitrogen and oxygen atoms in total. The number of carbonyl (C=O) groups is 1.